The van der Waals surface area contributed by atoms with Gasteiger partial charge in [-0.05, 0) is 55.1 Å². The molecule has 0 fully saturated rings. The van der Waals surface area contributed by atoms with E-state index >= 15 is 0 Å². The fourth-order valence-corrected chi connectivity index (χ4v) is 3.42. The van der Waals surface area contributed by atoms with Crippen LogP contribution in [-0.2, 0) is 0 Å². The van der Waals surface area contributed by atoms with Gasteiger partial charge in [-0.15, -0.1) is 0 Å². The number of H-pyrrole nitrogens is 1. The number of aromatic nitrogens is 2. The molecule has 3 aromatic carbocycles. The maximum absolute atomic E-state index is 13.1. The highest BCUT2D eigenvalue weighted by Gasteiger charge is 2.15. The first-order chi connectivity index (χ1) is 13.6. The van der Waals surface area contributed by atoms with Crippen molar-refractivity contribution in [1.29, 1.82) is 0 Å². The molecular formula is C23H20N2O3. The van der Waals surface area contributed by atoms with Crippen molar-refractivity contribution >= 4 is 10.8 Å². The van der Waals surface area contributed by atoms with E-state index in [-0.39, 0.29) is 5.56 Å². The third kappa shape index (κ3) is 3.01. The fourth-order valence-electron chi connectivity index (χ4n) is 3.42. The Morgan fingerprint density at radius 3 is 2.39 bits per heavy atom. The average Bonchev–Trinajstić information content (AvgIpc) is 2.72. The molecule has 5 heteroatoms. The molecular weight excluding hydrogens is 352 g/mol. The van der Waals surface area contributed by atoms with Gasteiger partial charge in [-0.25, -0.2) is 9.36 Å². The molecule has 28 heavy (non-hydrogen) atoms. The van der Waals surface area contributed by atoms with E-state index in [1.54, 1.807) is 13.0 Å². The number of nitrogens with one attached hydrogen (secondary N) is 1. The SMILES string of the molecule is CCOc1ccc(-c2[nH]c(=O)n(-c3cccc4ccccc34)c(=O)c2C)cc1. The molecule has 0 radical (unpaired) electrons. The van der Waals surface area contributed by atoms with Gasteiger partial charge in [0.25, 0.3) is 5.56 Å². The average molecular weight is 372 g/mol. The summed E-state index contributed by atoms with van der Waals surface area (Å²) in [6.45, 7) is 4.23. The lowest BCUT2D eigenvalue weighted by Gasteiger charge is -2.12. The fraction of sp³-hybridized carbons (Fsp3) is 0.130. The Bertz CT molecular complexity index is 1260. The van der Waals surface area contributed by atoms with E-state index < -0.39 is 5.69 Å². The summed E-state index contributed by atoms with van der Waals surface area (Å²) in [4.78, 5) is 28.9. The van der Waals surface area contributed by atoms with Crippen LogP contribution in [-0.4, -0.2) is 16.2 Å². The van der Waals surface area contributed by atoms with E-state index in [9.17, 15) is 9.59 Å². The predicted octanol–water partition coefficient (Wildman–Crippen LogP) is 4.05. The zero-order chi connectivity index (χ0) is 19.7. The Hall–Kier alpha value is -3.60. The lowest BCUT2D eigenvalue weighted by atomic mass is 10.1. The summed E-state index contributed by atoms with van der Waals surface area (Å²) >= 11 is 0. The summed E-state index contributed by atoms with van der Waals surface area (Å²) in [6, 6.07) is 20.6. The van der Waals surface area contributed by atoms with Crippen molar-refractivity contribution < 1.29 is 4.74 Å². The molecule has 1 N–H and O–H groups in total. The number of nitrogens with zero attached hydrogens (tertiary/aromatic N) is 1. The minimum atomic E-state index is -0.462. The molecule has 1 heterocycles. The zero-order valence-electron chi connectivity index (χ0n) is 15.7. The van der Waals surface area contributed by atoms with Crippen LogP contribution in [0.15, 0.2) is 76.3 Å². The third-order valence-corrected chi connectivity index (χ3v) is 4.80. The number of rotatable bonds is 4. The quantitative estimate of drug-likeness (QED) is 0.588. The standard InChI is InChI=1S/C23H20N2O3/c1-3-28-18-13-11-17(12-14-18)21-15(2)22(26)25(23(27)24-21)20-10-6-8-16-7-4-5-9-19(16)20/h4-14H,3H2,1-2H3,(H,24,27). The Morgan fingerprint density at radius 1 is 0.929 bits per heavy atom. The number of hydrogen-bond acceptors (Lipinski definition) is 3. The van der Waals surface area contributed by atoms with Crippen LogP contribution in [0.2, 0.25) is 0 Å². The van der Waals surface area contributed by atoms with Crippen LogP contribution in [0.3, 0.4) is 0 Å². The van der Waals surface area contributed by atoms with E-state index in [2.05, 4.69) is 4.98 Å². The first-order valence-corrected chi connectivity index (χ1v) is 9.17. The molecule has 0 saturated carbocycles. The van der Waals surface area contributed by atoms with Crippen LogP contribution in [0.5, 0.6) is 5.75 Å². The number of ether oxygens (including phenoxy) is 1. The van der Waals surface area contributed by atoms with Crippen molar-refractivity contribution in [3.63, 3.8) is 0 Å². The van der Waals surface area contributed by atoms with Crippen LogP contribution in [0.4, 0.5) is 0 Å². The molecule has 0 aliphatic carbocycles. The number of benzene rings is 3. The first-order valence-electron chi connectivity index (χ1n) is 9.17. The van der Waals surface area contributed by atoms with Crippen LogP contribution >= 0.6 is 0 Å². The predicted molar refractivity (Wildman–Crippen MR) is 112 cm³/mol. The second-order valence-electron chi connectivity index (χ2n) is 6.53. The third-order valence-electron chi connectivity index (χ3n) is 4.80. The van der Waals surface area contributed by atoms with Gasteiger partial charge in [-0.3, -0.25) is 4.79 Å². The molecule has 140 valence electrons. The molecule has 4 aromatic rings. The molecule has 0 atom stereocenters. The van der Waals surface area contributed by atoms with Crippen molar-refractivity contribution in [1.82, 2.24) is 9.55 Å². The summed E-state index contributed by atoms with van der Waals surface area (Å²) in [6.07, 6.45) is 0. The molecule has 0 unspecified atom stereocenters. The minimum absolute atomic E-state index is 0.330. The van der Waals surface area contributed by atoms with Crippen LogP contribution in [0.1, 0.15) is 12.5 Å². The zero-order valence-corrected chi connectivity index (χ0v) is 15.7. The van der Waals surface area contributed by atoms with Gasteiger partial charge in [0.1, 0.15) is 5.75 Å². The lowest BCUT2D eigenvalue weighted by Crippen LogP contribution is -2.35. The van der Waals surface area contributed by atoms with Gasteiger partial charge in [-0.2, -0.15) is 0 Å². The lowest BCUT2D eigenvalue weighted by molar-refractivity contribution is 0.340. The normalized spacial score (nSPS) is 10.9. The number of fused-ring (bicyclic) bond motifs is 1. The van der Waals surface area contributed by atoms with Crippen LogP contribution in [0.25, 0.3) is 27.7 Å². The smallest absolute Gasteiger partial charge is 0.333 e. The monoisotopic (exact) mass is 372 g/mol. The molecule has 0 spiro atoms. The summed E-state index contributed by atoms with van der Waals surface area (Å²) in [5.74, 6) is 0.746. The number of hydrogen-bond donors (Lipinski definition) is 1. The van der Waals surface area contributed by atoms with Crippen molar-refractivity contribution in [2.24, 2.45) is 0 Å². The largest absolute Gasteiger partial charge is 0.494 e. The van der Waals surface area contributed by atoms with Crippen molar-refractivity contribution in [2.75, 3.05) is 6.61 Å². The maximum Gasteiger partial charge on any atom is 0.333 e. The summed E-state index contributed by atoms with van der Waals surface area (Å²) in [7, 11) is 0. The molecule has 1 aromatic heterocycles. The van der Waals surface area contributed by atoms with Crippen molar-refractivity contribution in [3.8, 4) is 22.7 Å². The highest BCUT2D eigenvalue weighted by molar-refractivity contribution is 5.90. The molecule has 5 nitrogen and oxygen atoms in total. The molecule has 4 rings (SSSR count). The van der Waals surface area contributed by atoms with Gasteiger partial charge in [0.2, 0.25) is 0 Å². The topological polar surface area (TPSA) is 64.1 Å². The van der Waals surface area contributed by atoms with Crippen molar-refractivity contribution in [2.45, 2.75) is 13.8 Å². The van der Waals surface area contributed by atoms with E-state index in [4.69, 9.17) is 4.74 Å². The van der Waals surface area contributed by atoms with E-state index in [1.165, 1.54) is 4.57 Å². The van der Waals surface area contributed by atoms with E-state index in [0.717, 1.165) is 22.1 Å². The second kappa shape index (κ2) is 7.19. The Balaban J connectivity index is 1.89. The maximum atomic E-state index is 13.1. The van der Waals surface area contributed by atoms with Crippen LogP contribution < -0.4 is 16.0 Å². The van der Waals surface area contributed by atoms with Gasteiger partial charge in [0, 0.05) is 10.9 Å². The van der Waals surface area contributed by atoms with Gasteiger partial charge >= 0.3 is 5.69 Å². The van der Waals surface area contributed by atoms with Crippen molar-refractivity contribution in [3.05, 3.63) is 93.1 Å². The highest BCUT2D eigenvalue weighted by Crippen LogP contribution is 2.23. The molecule has 0 aliphatic rings. The van der Waals surface area contributed by atoms with E-state index in [0.29, 0.717) is 23.6 Å². The van der Waals surface area contributed by atoms with E-state index in [1.807, 2.05) is 67.6 Å². The van der Waals surface area contributed by atoms with Gasteiger partial charge < -0.3 is 9.72 Å². The summed E-state index contributed by atoms with van der Waals surface area (Å²) < 4.78 is 6.66. The number of aromatic amines is 1. The van der Waals surface area contributed by atoms with Gasteiger partial charge in [0.05, 0.1) is 18.0 Å². The molecule has 0 saturated heterocycles. The molecule has 0 bridgehead atoms. The molecule has 0 aliphatic heterocycles. The minimum Gasteiger partial charge on any atom is -0.494 e. The highest BCUT2D eigenvalue weighted by atomic mass is 16.5. The Kier molecular flexibility index (Phi) is 4.57. The summed E-state index contributed by atoms with van der Waals surface area (Å²) in [5, 5.41) is 1.82. The second-order valence-corrected chi connectivity index (χ2v) is 6.53. The Morgan fingerprint density at radius 2 is 1.64 bits per heavy atom. The summed E-state index contributed by atoms with van der Waals surface area (Å²) in [5.41, 5.74) is 1.55. The van der Waals surface area contributed by atoms with Gasteiger partial charge in [-0.1, -0.05) is 36.4 Å². The van der Waals surface area contributed by atoms with Gasteiger partial charge in [0.15, 0.2) is 0 Å². The first kappa shape index (κ1) is 17.8. The van der Waals surface area contributed by atoms with Crippen LogP contribution in [0, 0.1) is 6.92 Å². The Labute approximate surface area is 161 Å². The molecule has 0 amide bonds.